The van der Waals surface area contributed by atoms with E-state index in [0.29, 0.717) is 11.4 Å². The van der Waals surface area contributed by atoms with E-state index >= 15 is 0 Å². The van der Waals surface area contributed by atoms with E-state index in [0.717, 1.165) is 66.6 Å². The molecule has 0 aliphatic carbocycles. The van der Waals surface area contributed by atoms with Crippen molar-refractivity contribution in [2.45, 2.75) is 105 Å². The summed E-state index contributed by atoms with van der Waals surface area (Å²) in [5, 5.41) is 12.9. The molecule has 0 unspecified atom stereocenters. The molecular weight excluding hydrogens is 803 g/mol. The number of rotatable bonds is 6. The van der Waals surface area contributed by atoms with Crippen molar-refractivity contribution in [3.05, 3.63) is 180 Å². The Morgan fingerprint density at radius 3 is 1.55 bits per heavy atom. The van der Waals surface area contributed by atoms with Crippen molar-refractivity contribution in [2.75, 3.05) is 0 Å². The Kier molecular flexibility index (Phi) is 11.0. The molecule has 0 saturated carbocycles. The van der Waals surface area contributed by atoms with Gasteiger partial charge in [-0.1, -0.05) is 174 Å². The highest BCUT2D eigenvalue weighted by atomic mass is 16.3. The van der Waals surface area contributed by atoms with E-state index in [9.17, 15) is 5.11 Å². The molecule has 66 heavy (non-hydrogen) atoms. The monoisotopic (exact) mass is 865 g/mol. The van der Waals surface area contributed by atoms with E-state index < -0.39 is 0 Å². The number of phenolic OH excluding ortho intramolecular Hbond substituents is 1. The van der Waals surface area contributed by atoms with Crippen molar-refractivity contribution in [3.8, 4) is 67.3 Å². The molecule has 4 nitrogen and oxygen atoms in total. The summed E-state index contributed by atoms with van der Waals surface area (Å²) in [6.45, 7) is 27.0. The van der Waals surface area contributed by atoms with Gasteiger partial charge in [0.15, 0.2) is 0 Å². The van der Waals surface area contributed by atoms with Gasteiger partial charge in [-0.05, 0) is 138 Å². The molecule has 0 saturated heterocycles. The van der Waals surface area contributed by atoms with Crippen molar-refractivity contribution in [1.82, 2.24) is 14.5 Å². The highest BCUT2D eigenvalue weighted by molar-refractivity contribution is 6.04. The van der Waals surface area contributed by atoms with E-state index in [2.05, 4.69) is 227 Å². The van der Waals surface area contributed by atoms with Crippen LogP contribution in [0.15, 0.2) is 158 Å². The molecule has 2 aromatic heterocycles. The molecule has 0 fully saturated rings. The van der Waals surface area contributed by atoms with Crippen molar-refractivity contribution < 1.29 is 5.11 Å². The maximum absolute atomic E-state index is 11.8. The molecule has 0 atom stereocenters. The van der Waals surface area contributed by atoms with Crippen LogP contribution in [0.2, 0.25) is 0 Å². The number of fused-ring (bicyclic) bond motifs is 2. The number of pyridine rings is 1. The minimum absolute atomic E-state index is 0.0153. The number of imidazole rings is 1. The van der Waals surface area contributed by atoms with Crippen LogP contribution in [0, 0.1) is 0 Å². The van der Waals surface area contributed by atoms with Crippen molar-refractivity contribution in [3.63, 3.8) is 0 Å². The van der Waals surface area contributed by atoms with E-state index in [1.165, 1.54) is 27.8 Å². The predicted octanol–water partition coefficient (Wildman–Crippen LogP) is 16.8. The number of aromatic nitrogens is 3. The summed E-state index contributed by atoms with van der Waals surface area (Å²) in [5.74, 6) is 0.886. The summed E-state index contributed by atoms with van der Waals surface area (Å²) in [4.78, 5) is 10.7. The minimum Gasteiger partial charge on any atom is -0.507 e. The van der Waals surface area contributed by atoms with Crippen molar-refractivity contribution in [1.29, 1.82) is 0 Å². The average molecular weight is 866 g/mol. The molecule has 0 radical (unpaired) electrons. The molecule has 332 valence electrons. The number of aromatic hydroxyl groups is 1. The summed E-state index contributed by atoms with van der Waals surface area (Å²) in [6.07, 6.45) is 1.94. The van der Waals surface area contributed by atoms with Gasteiger partial charge in [0.2, 0.25) is 0 Å². The molecule has 4 heteroatoms. The minimum atomic E-state index is -0.142. The average Bonchev–Trinajstić information content (AvgIpc) is 3.66. The quantitative estimate of drug-likeness (QED) is 0.181. The predicted molar refractivity (Wildman–Crippen MR) is 280 cm³/mol. The van der Waals surface area contributed by atoms with Crippen LogP contribution >= 0.6 is 0 Å². The highest BCUT2D eigenvalue weighted by Gasteiger charge is 2.26. The second kappa shape index (κ2) is 16.3. The third-order valence-corrected chi connectivity index (χ3v) is 13.2. The molecule has 0 amide bonds. The lowest BCUT2D eigenvalue weighted by Crippen LogP contribution is -2.11. The second-order valence-corrected chi connectivity index (χ2v) is 22.2. The van der Waals surface area contributed by atoms with E-state index in [1.54, 1.807) is 0 Å². The van der Waals surface area contributed by atoms with Crippen LogP contribution in [0.1, 0.15) is 105 Å². The molecule has 0 aliphatic rings. The first-order valence-corrected chi connectivity index (χ1v) is 23.4. The largest absolute Gasteiger partial charge is 0.507 e. The summed E-state index contributed by atoms with van der Waals surface area (Å²) in [5.41, 5.74) is 17.9. The maximum atomic E-state index is 11.8. The van der Waals surface area contributed by atoms with Gasteiger partial charge in [-0.25, -0.2) is 4.98 Å². The molecule has 1 N–H and O–H groups in total. The van der Waals surface area contributed by atoms with E-state index in [-0.39, 0.29) is 27.4 Å². The van der Waals surface area contributed by atoms with Gasteiger partial charge in [0, 0.05) is 28.4 Å². The Labute approximate surface area is 392 Å². The van der Waals surface area contributed by atoms with Crippen LogP contribution in [-0.4, -0.2) is 19.6 Å². The van der Waals surface area contributed by atoms with Gasteiger partial charge in [0.1, 0.15) is 11.6 Å². The summed E-state index contributed by atoms with van der Waals surface area (Å²) in [6, 6.07) is 54.8. The second-order valence-electron chi connectivity index (χ2n) is 22.2. The van der Waals surface area contributed by atoms with Gasteiger partial charge < -0.3 is 5.11 Å². The summed E-state index contributed by atoms with van der Waals surface area (Å²) < 4.78 is 2.25. The fraction of sp³-hybridized carbons (Fsp3) is 0.258. The standard InChI is InChI=1S/C62H63N3O/c1-59(2,3)44-23-21-39(22-24-44)43-34-50(41-19-16-20-42(33-41)51-37-47(62(10,11)12)38-52-49(31-32-63-56(51)52)40-17-14-13-15-18-40)57-54(35-43)65(48-28-25-45(26-29-48)60(4,5)6)58(64-57)53-36-46(61(7,8)9)27-30-55(53)66/h13-38,66H,1-12H3. The number of benzene rings is 7. The Balaban J connectivity index is 1.35. The Bertz CT molecular complexity index is 3250. The lowest BCUT2D eigenvalue weighted by Gasteiger charge is -2.22. The fourth-order valence-electron chi connectivity index (χ4n) is 9.09. The molecule has 9 rings (SSSR count). The molecule has 7 aromatic carbocycles. The third kappa shape index (κ3) is 8.46. The molecule has 0 aliphatic heterocycles. The van der Waals surface area contributed by atoms with Crippen LogP contribution in [0.25, 0.3) is 83.5 Å². The number of hydrogen-bond acceptors (Lipinski definition) is 3. The van der Waals surface area contributed by atoms with Gasteiger partial charge in [-0.15, -0.1) is 0 Å². The van der Waals surface area contributed by atoms with Gasteiger partial charge >= 0.3 is 0 Å². The number of phenols is 1. The van der Waals surface area contributed by atoms with Crippen molar-refractivity contribution >= 4 is 21.9 Å². The summed E-state index contributed by atoms with van der Waals surface area (Å²) >= 11 is 0. The lowest BCUT2D eigenvalue weighted by molar-refractivity contribution is 0.475. The molecule has 2 heterocycles. The van der Waals surface area contributed by atoms with Gasteiger partial charge in [0.25, 0.3) is 0 Å². The molecule has 0 spiro atoms. The summed E-state index contributed by atoms with van der Waals surface area (Å²) in [7, 11) is 0. The van der Waals surface area contributed by atoms with Crippen molar-refractivity contribution in [2.24, 2.45) is 0 Å². The zero-order valence-corrected chi connectivity index (χ0v) is 40.8. The maximum Gasteiger partial charge on any atom is 0.149 e. The third-order valence-electron chi connectivity index (χ3n) is 13.2. The number of nitrogens with zero attached hydrogens (tertiary/aromatic N) is 3. The zero-order chi connectivity index (χ0) is 46.9. The molecule has 9 aromatic rings. The SMILES string of the molecule is CC(C)(C)c1ccc(-c2cc(-c3cccc(-c4cc(C(C)(C)C)cc5c(-c6ccccc6)ccnc45)c3)c3nc(-c4cc(C(C)(C)C)ccc4O)n(-c4ccc(C(C)(C)C)cc4)c3c2)cc1. The highest BCUT2D eigenvalue weighted by Crippen LogP contribution is 2.44. The molecular formula is C62H63N3O. The molecule has 0 bridgehead atoms. The van der Waals surface area contributed by atoms with E-state index in [4.69, 9.17) is 9.97 Å². The Hall–Kier alpha value is -6.78. The van der Waals surface area contributed by atoms with Gasteiger partial charge in [-0.2, -0.15) is 0 Å². The first-order chi connectivity index (χ1) is 31.1. The first kappa shape index (κ1) is 44.4. The zero-order valence-electron chi connectivity index (χ0n) is 40.8. The van der Waals surface area contributed by atoms with Crippen LogP contribution in [0.5, 0.6) is 5.75 Å². The van der Waals surface area contributed by atoms with Crippen LogP contribution in [0.4, 0.5) is 0 Å². The lowest BCUT2D eigenvalue weighted by atomic mass is 9.83. The Morgan fingerprint density at radius 2 is 0.939 bits per heavy atom. The first-order valence-electron chi connectivity index (χ1n) is 23.4. The fourth-order valence-corrected chi connectivity index (χ4v) is 9.09. The van der Waals surface area contributed by atoms with Gasteiger partial charge in [-0.3, -0.25) is 9.55 Å². The Morgan fingerprint density at radius 1 is 0.394 bits per heavy atom. The van der Waals surface area contributed by atoms with Crippen LogP contribution < -0.4 is 0 Å². The normalized spacial score (nSPS) is 12.6. The van der Waals surface area contributed by atoms with Crippen LogP contribution in [-0.2, 0) is 21.7 Å². The smallest absolute Gasteiger partial charge is 0.149 e. The van der Waals surface area contributed by atoms with Gasteiger partial charge in [0.05, 0.1) is 22.1 Å². The van der Waals surface area contributed by atoms with Crippen LogP contribution in [0.3, 0.4) is 0 Å². The topological polar surface area (TPSA) is 50.9 Å². The van der Waals surface area contributed by atoms with E-state index in [1.807, 2.05) is 18.3 Å². The number of hydrogen-bond donors (Lipinski definition) is 1.